The summed E-state index contributed by atoms with van der Waals surface area (Å²) in [5, 5.41) is 8.80. The van der Waals surface area contributed by atoms with Crippen LogP contribution >= 0.6 is 11.8 Å². The third kappa shape index (κ3) is 6.00. The van der Waals surface area contributed by atoms with Crippen molar-refractivity contribution in [1.29, 1.82) is 0 Å². The number of amides is 2. The molecule has 0 aliphatic carbocycles. The fourth-order valence-electron chi connectivity index (χ4n) is 3.23. The maximum Gasteiger partial charge on any atom is 0.337 e. The Morgan fingerprint density at radius 2 is 1.97 bits per heavy atom. The molecule has 1 saturated heterocycles. The lowest BCUT2D eigenvalue weighted by atomic mass is 10.1. The van der Waals surface area contributed by atoms with Gasteiger partial charge in [-0.3, -0.25) is 9.59 Å². The number of hydrogen-bond acceptors (Lipinski definition) is 8. The smallest absolute Gasteiger partial charge is 0.337 e. The first-order valence-corrected chi connectivity index (χ1v) is 11.0. The summed E-state index contributed by atoms with van der Waals surface area (Å²) in [4.78, 5) is 39.0. The Morgan fingerprint density at radius 3 is 2.61 bits per heavy atom. The van der Waals surface area contributed by atoms with E-state index in [9.17, 15) is 14.4 Å². The SMILES string of the molecule is COC(=O)c1ccc(N2CCCC2)c(NC(=O)CSC(C)C(=O)Nc2cc(C)on2)c1. The molecule has 1 aliphatic heterocycles. The van der Waals surface area contributed by atoms with Gasteiger partial charge in [0, 0.05) is 19.2 Å². The van der Waals surface area contributed by atoms with E-state index in [0.29, 0.717) is 22.8 Å². The van der Waals surface area contributed by atoms with Crippen LogP contribution in [0.5, 0.6) is 0 Å². The van der Waals surface area contributed by atoms with Gasteiger partial charge in [-0.05, 0) is 44.9 Å². The number of nitrogens with zero attached hydrogens (tertiary/aromatic N) is 2. The molecule has 2 amide bonds. The van der Waals surface area contributed by atoms with Crippen LogP contribution < -0.4 is 15.5 Å². The molecule has 0 spiro atoms. The standard InChI is InChI=1S/C21H26N4O5S/c1-13-10-18(24-30-13)23-20(27)14(2)31-12-19(26)22-16-11-15(21(28)29-3)6-7-17(16)25-8-4-5-9-25/h6-7,10-11,14H,4-5,8-9,12H2,1-3H3,(H,22,26)(H,23,24,27). The Kier molecular flexibility index (Phi) is 7.56. The highest BCUT2D eigenvalue weighted by atomic mass is 32.2. The molecule has 2 N–H and O–H groups in total. The van der Waals surface area contributed by atoms with Crippen molar-refractivity contribution in [3.63, 3.8) is 0 Å². The number of carbonyl (C=O) groups is 3. The quantitative estimate of drug-likeness (QED) is 0.595. The Bertz CT molecular complexity index is 955. The number of anilines is 3. The zero-order valence-electron chi connectivity index (χ0n) is 17.8. The minimum Gasteiger partial charge on any atom is -0.465 e. The molecule has 0 saturated carbocycles. The molecule has 1 atom stereocenters. The fourth-order valence-corrected chi connectivity index (χ4v) is 3.91. The second-order valence-corrected chi connectivity index (χ2v) is 8.56. The van der Waals surface area contributed by atoms with Crippen molar-refractivity contribution in [2.75, 3.05) is 41.5 Å². The van der Waals surface area contributed by atoms with E-state index in [1.165, 1.54) is 18.9 Å². The van der Waals surface area contributed by atoms with Gasteiger partial charge in [0.05, 0.1) is 35.1 Å². The van der Waals surface area contributed by atoms with Crippen molar-refractivity contribution in [3.05, 3.63) is 35.6 Å². The topological polar surface area (TPSA) is 114 Å². The van der Waals surface area contributed by atoms with Crippen LogP contribution in [0.2, 0.25) is 0 Å². The molecule has 0 radical (unpaired) electrons. The first-order chi connectivity index (χ1) is 14.9. The summed E-state index contributed by atoms with van der Waals surface area (Å²) in [6.45, 7) is 5.24. The van der Waals surface area contributed by atoms with Gasteiger partial charge in [-0.1, -0.05) is 5.16 Å². The van der Waals surface area contributed by atoms with Crippen molar-refractivity contribution in [2.45, 2.75) is 31.9 Å². The first-order valence-electron chi connectivity index (χ1n) is 10.0. The highest BCUT2D eigenvalue weighted by molar-refractivity contribution is 8.01. The lowest BCUT2D eigenvalue weighted by molar-refractivity contribution is -0.115. The number of ether oxygens (including phenoxy) is 1. The van der Waals surface area contributed by atoms with Crippen LogP contribution in [-0.2, 0) is 14.3 Å². The predicted molar refractivity (Wildman–Crippen MR) is 120 cm³/mol. The first kappa shape index (κ1) is 22.7. The summed E-state index contributed by atoms with van der Waals surface area (Å²) in [5.41, 5.74) is 1.80. The molecule has 1 aromatic carbocycles. The molecule has 0 bridgehead atoms. The van der Waals surface area contributed by atoms with Gasteiger partial charge in [0.2, 0.25) is 11.8 Å². The molecule has 166 valence electrons. The minimum absolute atomic E-state index is 0.0777. The highest BCUT2D eigenvalue weighted by Crippen LogP contribution is 2.30. The number of aromatic nitrogens is 1. The summed E-state index contributed by atoms with van der Waals surface area (Å²) in [6.07, 6.45) is 2.17. The van der Waals surface area contributed by atoms with E-state index < -0.39 is 11.2 Å². The van der Waals surface area contributed by atoms with Gasteiger partial charge in [0.25, 0.3) is 0 Å². The molecular formula is C21H26N4O5S. The summed E-state index contributed by atoms with van der Waals surface area (Å²) in [6, 6.07) is 6.78. The highest BCUT2D eigenvalue weighted by Gasteiger charge is 2.21. The maximum atomic E-state index is 12.6. The Morgan fingerprint density at radius 1 is 1.23 bits per heavy atom. The minimum atomic E-state index is -0.470. The summed E-state index contributed by atoms with van der Waals surface area (Å²) < 4.78 is 9.72. The van der Waals surface area contributed by atoms with Crippen LogP contribution in [0, 0.1) is 6.92 Å². The van der Waals surface area contributed by atoms with E-state index in [-0.39, 0.29) is 17.6 Å². The van der Waals surface area contributed by atoms with E-state index in [1.807, 2.05) is 6.07 Å². The zero-order chi connectivity index (χ0) is 22.4. The molecule has 1 aliphatic rings. The molecule has 31 heavy (non-hydrogen) atoms. The third-order valence-corrected chi connectivity index (χ3v) is 5.99. The number of rotatable bonds is 8. The number of hydrogen-bond donors (Lipinski definition) is 2. The average Bonchev–Trinajstić information content (AvgIpc) is 3.43. The third-order valence-electron chi connectivity index (χ3n) is 4.85. The molecule has 1 unspecified atom stereocenters. The van der Waals surface area contributed by atoms with Gasteiger partial charge < -0.3 is 24.8 Å². The van der Waals surface area contributed by atoms with E-state index in [0.717, 1.165) is 31.6 Å². The van der Waals surface area contributed by atoms with Gasteiger partial charge in [-0.15, -0.1) is 11.8 Å². The van der Waals surface area contributed by atoms with Crippen LogP contribution in [-0.4, -0.2) is 54.1 Å². The summed E-state index contributed by atoms with van der Waals surface area (Å²) in [5.74, 6) is 0.0216. The van der Waals surface area contributed by atoms with Crippen LogP contribution in [0.3, 0.4) is 0 Å². The van der Waals surface area contributed by atoms with Crippen LogP contribution in [0.15, 0.2) is 28.8 Å². The van der Waals surface area contributed by atoms with Gasteiger partial charge in [0.1, 0.15) is 5.76 Å². The Hall–Kier alpha value is -3.01. The molecule has 10 heteroatoms. The van der Waals surface area contributed by atoms with Crippen molar-refractivity contribution in [3.8, 4) is 0 Å². The largest absolute Gasteiger partial charge is 0.465 e. The molecule has 3 rings (SSSR count). The number of esters is 1. The Balaban J connectivity index is 1.61. The molecule has 2 aromatic rings. The van der Waals surface area contributed by atoms with Crippen molar-refractivity contribution in [1.82, 2.24) is 5.16 Å². The molecular weight excluding hydrogens is 420 g/mol. The van der Waals surface area contributed by atoms with Crippen molar-refractivity contribution >= 4 is 46.7 Å². The lowest BCUT2D eigenvalue weighted by Gasteiger charge is -2.22. The van der Waals surface area contributed by atoms with Crippen molar-refractivity contribution < 1.29 is 23.6 Å². The maximum absolute atomic E-state index is 12.6. The van der Waals surface area contributed by atoms with Crippen molar-refractivity contribution in [2.24, 2.45) is 0 Å². The van der Waals surface area contributed by atoms with Gasteiger partial charge in [-0.25, -0.2) is 4.79 Å². The number of benzene rings is 1. The molecule has 1 aromatic heterocycles. The van der Waals surface area contributed by atoms with E-state index in [1.54, 1.807) is 32.0 Å². The monoisotopic (exact) mass is 446 g/mol. The second-order valence-electron chi connectivity index (χ2n) is 7.23. The number of aryl methyl sites for hydroxylation is 1. The summed E-state index contributed by atoms with van der Waals surface area (Å²) >= 11 is 1.20. The van der Waals surface area contributed by atoms with E-state index in [4.69, 9.17) is 9.26 Å². The predicted octanol–water partition coefficient (Wildman–Crippen LogP) is 3.07. The Labute approximate surface area is 184 Å². The van der Waals surface area contributed by atoms with E-state index >= 15 is 0 Å². The molecule has 9 nitrogen and oxygen atoms in total. The van der Waals surface area contributed by atoms with Gasteiger partial charge in [-0.2, -0.15) is 0 Å². The van der Waals surface area contributed by atoms with Gasteiger partial charge in [0.15, 0.2) is 5.82 Å². The number of nitrogens with one attached hydrogen (secondary N) is 2. The zero-order valence-corrected chi connectivity index (χ0v) is 18.6. The fraction of sp³-hybridized carbons (Fsp3) is 0.429. The van der Waals surface area contributed by atoms with Crippen LogP contribution in [0.25, 0.3) is 0 Å². The number of thioether (sulfide) groups is 1. The summed E-state index contributed by atoms with van der Waals surface area (Å²) in [7, 11) is 1.32. The van der Waals surface area contributed by atoms with Crippen LogP contribution in [0.4, 0.5) is 17.2 Å². The molecule has 1 fully saturated rings. The normalized spacial score (nSPS) is 14.2. The number of carbonyl (C=O) groups excluding carboxylic acids is 3. The number of methoxy groups -OCH3 is 1. The average molecular weight is 447 g/mol. The molecule has 2 heterocycles. The van der Waals surface area contributed by atoms with Crippen LogP contribution in [0.1, 0.15) is 35.9 Å². The van der Waals surface area contributed by atoms with Gasteiger partial charge >= 0.3 is 5.97 Å². The lowest BCUT2D eigenvalue weighted by Crippen LogP contribution is -2.26. The second kappa shape index (κ2) is 10.3. The van der Waals surface area contributed by atoms with E-state index in [2.05, 4.69) is 20.7 Å².